The van der Waals surface area contributed by atoms with E-state index in [1.54, 1.807) is 0 Å². The quantitative estimate of drug-likeness (QED) is 0.449. The smallest absolute Gasteiger partial charge is 0.145 e. The summed E-state index contributed by atoms with van der Waals surface area (Å²) in [5, 5.41) is 0.294. The SMILES string of the molecule is CCCCC1CCC(C2CCC(c3ccc(C4CO4)c(Cl)c3F)CC2)CC1. The predicted molar refractivity (Wildman–Crippen MR) is 110 cm³/mol. The Hall–Kier alpha value is -0.600. The van der Waals surface area contributed by atoms with E-state index in [4.69, 9.17) is 16.3 Å². The highest BCUT2D eigenvalue weighted by molar-refractivity contribution is 6.31. The molecule has 2 saturated carbocycles. The van der Waals surface area contributed by atoms with Crippen LogP contribution in [0.25, 0.3) is 0 Å². The van der Waals surface area contributed by atoms with Crippen molar-refractivity contribution in [1.82, 2.24) is 0 Å². The molecule has 0 amide bonds. The lowest BCUT2D eigenvalue weighted by atomic mass is 9.68. The van der Waals surface area contributed by atoms with E-state index in [2.05, 4.69) is 6.92 Å². The van der Waals surface area contributed by atoms with Gasteiger partial charge >= 0.3 is 0 Å². The average molecular weight is 393 g/mol. The van der Waals surface area contributed by atoms with Crippen molar-refractivity contribution in [3.05, 3.63) is 34.1 Å². The molecule has 1 aliphatic heterocycles. The van der Waals surface area contributed by atoms with E-state index in [9.17, 15) is 4.39 Å². The maximum Gasteiger partial charge on any atom is 0.145 e. The molecule has 0 aromatic heterocycles. The second kappa shape index (κ2) is 8.82. The number of hydrogen-bond acceptors (Lipinski definition) is 1. The number of epoxide rings is 1. The van der Waals surface area contributed by atoms with E-state index in [0.717, 1.165) is 41.7 Å². The maximum atomic E-state index is 14.8. The topological polar surface area (TPSA) is 12.5 Å². The third-order valence-electron chi connectivity index (χ3n) is 7.56. The number of ether oxygens (including phenoxy) is 1. The minimum atomic E-state index is -0.190. The molecule has 27 heavy (non-hydrogen) atoms. The Bertz CT molecular complexity index is 626. The van der Waals surface area contributed by atoms with Crippen LogP contribution in [0, 0.1) is 23.6 Å². The molecule has 1 unspecified atom stereocenters. The summed E-state index contributed by atoms with van der Waals surface area (Å²) >= 11 is 6.30. The zero-order valence-electron chi connectivity index (χ0n) is 16.7. The monoisotopic (exact) mass is 392 g/mol. The van der Waals surface area contributed by atoms with E-state index in [0.29, 0.717) is 17.5 Å². The normalized spacial score (nSPS) is 33.8. The standard InChI is InChI=1S/C24H34ClFO/c1-2-3-4-16-5-7-17(8-6-16)18-9-11-19(12-10-18)20-13-14-21(22-15-27-22)23(25)24(20)26/h13-14,16-19,22H,2-12,15H2,1H3. The van der Waals surface area contributed by atoms with Crippen molar-refractivity contribution in [2.75, 3.05) is 6.61 Å². The van der Waals surface area contributed by atoms with E-state index in [1.165, 1.54) is 57.8 Å². The number of hydrogen-bond donors (Lipinski definition) is 0. The van der Waals surface area contributed by atoms with Crippen LogP contribution in [-0.2, 0) is 4.74 Å². The fourth-order valence-corrected chi connectivity index (χ4v) is 6.01. The molecule has 1 aromatic rings. The number of rotatable bonds is 6. The molecule has 1 atom stereocenters. The van der Waals surface area contributed by atoms with Crippen LogP contribution in [0.2, 0.25) is 5.02 Å². The number of halogens is 2. The third kappa shape index (κ3) is 4.53. The summed E-state index contributed by atoms with van der Waals surface area (Å²) in [6, 6.07) is 3.96. The van der Waals surface area contributed by atoms with Gasteiger partial charge in [0.1, 0.15) is 11.9 Å². The summed E-state index contributed by atoms with van der Waals surface area (Å²) in [6.07, 6.45) is 14.7. The predicted octanol–water partition coefficient (Wildman–Crippen LogP) is 7.82. The highest BCUT2D eigenvalue weighted by atomic mass is 35.5. The van der Waals surface area contributed by atoms with Gasteiger partial charge in [0.2, 0.25) is 0 Å². The molecule has 1 saturated heterocycles. The highest BCUT2D eigenvalue weighted by Crippen LogP contribution is 2.46. The molecule has 1 aromatic carbocycles. The van der Waals surface area contributed by atoms with Gasteiger partial charge in [-0.15, -0.1) is 0 Å². The fourth-order valence-electron chi connectivity index (χ4n) is 5.71. The summed E-state index contributed by atoms with van der Waals surface area (Å²) in [5.74, 6) is 2.93. The molecule has 3 fully saturated rings. The van der Waals surface area contributed by atoms with Crippen LogP contribution in [0.1, 0.15) is 101 Å². The van der Waals surface area contributed by atoms with Crippen LogP contribution >= 0.6 is 11.6 Å². The molecule has 1 heterocycles. The van der Waals surface area contributed by atoms with Crippen LogP contribution in [0.15, 0.2) is 12.1 Å². The van der Waals surface area contributed by atoms with E-state index in [1.807, 2.05) is 12.1 Å². The van der Waals surface area contributed by atoms with Crippen LogP contribution in [0.4, 0.5) is 4.39 Å². The molecule has 4 rings (SSSR count). The zero-order valence-corrected chi connectivity index (χ0v) is 17.4. The third-order valence-corrected chi connectivity index (χ3v) is 7.94. The molecule has 1 nitrogen and oxygen atoms in total. The number of unbranched alkanes of at least 4 members (excludes halogenated alkanes) is 1. The zero-order chi connectivity index (χ0) is 18.8. The molecule has 3 aliphatic rings. The minimum Gasteiger partial charge on any atom is -0.368 e. The molecule has 150 valence electrons. The van der Waals surface area contributed by atoms with Gasteiger partial charge in [-0.05, 0) is 67.8 Å². The van der Waals surface area contributed by atoms with Gasteiger partial charge in [-0.2, -0.15) is 0 Å². The van der Waals surface area contributed by atoms with Crippen LogP contribution < -0.4 is 0 Å². The van der Waals surface area contributed by atoms with Crippen LogP contribution in [0.5, 0.6) is 0 Å². The largest absolute Gasteiger partial charge is 0.368 e. The summed E-state index contributed by atoms with van der Waals surface area (Å²) in [6.45, 7) is 2.97. The van der Waals surface area contributed by atoms with Gasteiger partial charge < -0.3 is 4.74 Å². The molecular weight excluding hydrogens is 359 g/mol. The lowest BCUT2D eigenvalue weighted by molar-refractivity contribution is 0.155. The Morgan fingerprint density at radius 2 is 1.56 bits per heavy atom. The van der Waals surface area contributed by atoms with Crippen molar-refractivity contribution in [3.63, 3.8) is 0 Å². The van der Waals surface area contributed by atoms with Crippen molar-refractivity contribution >= 4 is 11.6 Å². The van der Waals surface area contributed by atoms with Gasteiger partial charge in [0.15, 0.2) is 0 Å². The lowest BCUT2D eigenvalue weighted by Crippen LogP contribution is -2.25. The Morgan fingerprint density at radius 1 is 0.963 bits per heavy atom. The van der Waals surface area contributed by atoms with Crippen LogP contribution in [0.3, 0.4) is 0 Å². The average Bonchev–Trinajstić information content (AvgIpc) is 3.54. The minimum absolute atomic E-state index is 0.0178. The van der Waals surface area contributed by atoms with Gasteiger partial charge in [0.25, 0.3) is 0 Å². The molecule has 0 bridgehead atoms. The first-order valence-electron chi connectivity index (χ1n) is 11.3. The van der Waals surface area contributed by atoms with E-state index >= 15 is 0 Å². The summed E-state index contributed by atoms with van der Waals surface area (Å²) in [4.78, 5) is 0. The second-order valence-electron chi connectivity index (χ2n) is 9.23. The van der Waals surface area contributed by atoms with Gasteiger partial charge in [-0.3, -0.25) is 0 Å². The fraction of sp³-hybridized carbons (Fsp3) is 0.750. The van der Waals surface area contributed by atoms with Crippen molar-refractivity contribution in [2.24, 2.45) is 17.8 Å². The first kappa shape index (κ1) is 19.7. The Morgan fingerprint density at radius 3 is 2.15 bits per heavy atom. The Labute approximate surface area is 169 Å². The Kier molecular flexibility index (Phi) is 6.44. The van der Waals surface area contributed by atoms with Gasteiger partial charge in [-0.25, -0.2) is 4.39 Å². The molecule has 2 aliphatic carbocycles. The summed E-state index contributed by atoms with van der Waals surface area (Å²) < 4.78 is 20.1. The molecule has 0 spiro atoms. The second-order valence-corrected chi connectivity index (χ2v) is 9.61. The summed E-state index contributed by atoms with van der Waals surface area (Å²) in [7, 11) is 0. The van der Waals surface area contributed by atoms with E-state index in [-0.39, 0.29) is 11.9 Å². The van der Waals surface area contributed by atoms with Crippen molar-refractivity contribution in [1.29, 1.82) is 0 Å². The van der Waals surface area contributed by atoms with Crippen molar-refractivity contribution in [3.8, 4) is 0 Å². The number of benzene rings is 1. The molecule has 0 radical (unpaired) electrons. The molecule has 0 N–H and O–H groups in total. The van der Waals surface area contributed by atoms with Crippen molar-refractivity contribution < 1.29 is 9.13 Å². The first-order valence-corrected chi connectivity index (χ1v) is 11.6. The summed E-state index contributed by atoms with van der Waals surface area (Å²) in [5.41, 5.74) is 1.66. The van der Waals surface area contributed by atoms with E-state index < -0.39 is 0 Å². The molecular formula is C24H34ClFO. The van der Waals surface area contributed by atoms with Gasteiger partial charge in [0, 0.05) is 5.56 Å². The van der Waals surface area contributed by atoms with Gasteiger partial charge in [0.05, 0.1) is 11.6 Å². The molecule has 3 heteroatoms. The van der Waals surface area contributed by atoms with Gasteiger partial charge in [-0.1, -0.05) is 62.8 Å². The highest BCUT2D eigenvalue weighted by Gasteiger charge is 2.34. The van der Waals surface area contributed by atoms with Crippen LogP contribution in [-0.4, -0.2) is 6.61 Å². The first-order chi connectivity index (χ1) is 13.2. The maximum absolute atomic E-state index is 14.8. The Balaban J connectivity index is 1.30. The van der Waals surface area contributed by atoms with Crippen molar-refractivity contribution in [2.45, 2.75) is 89.6 Å². The lowest BCUT2D eigenvalue weighted by Gasteiger charge is -2.38.